The van der Waals surface area contributed by atoms with Gasteiger partial charge in [-0.1, -0.05) is 30.3 Å². The maximum absolute atomic E-state index is 13.5. The Hall–Kier alpha value is -3.74. The van der Waals surface area contributed by atoms with Gasteiger partial charge < -0.3 is 16.0 Å². The number of nitrogens with one attached hydrogen (secondary N) is 1. The van der Waals surface area contributed by atoms with Crippen molar-refractivity contribution in [2.45, 2.75) is 31.7 Å². The number of rotatable bonds is 3. The lowest BCUT2D eigenvalue weighted by molar-refractivity contribution is 0.0938. The van der Waals surface area contributed by atoms with E-state index in [1.165, 1.54) is 12.1 Å². The van der Waals surface area contributed by atoms with Crippen LogP contribution in [-0.4, -0.2) is 41.0 Å². The number of hydrogen-bond donors (Lipinski definition) is 2. The van der Waals surface area contributed by atoms with Crippen LogP contribution in [0.4, 0.5) is 9.18 Å². The summed E-state index contributed by atoms with van der Waals surface area (Å²) in [6.07, 6.45) is 5.21. The smallest absolute Gasteiger partial charge is 0.314 e. The van der Waals surface area contributed by atoms with Crippen molar-refractivity contribution < 1.29 is 14.0 Å². The molecule has 2 heterocycles. The first-order chi connectivity index (χ1) is 16.0. The number of carbonyl (C=O) groups is 2. The molecular formula is C26H25FN4O2. The van der Waals surface area contributed by atoms with Crippen LogP contribution in [0, 0.1) is 5.82 Å². The molecule has 7 heteroatoms. The summed E-state index contributed by atoms with van der Waals surface area (Å²) < 4.78 is 13.3. The predicted molar refractivity (Wildman–Crippen MR) is 126 cm³/mol. The van der Waals surface area contributed by atoms with Crippen LogP contribution in [0.15, 0.2) is 48.5 Å². The van der Waals surface area contributed by atoms with Gasteiger partial charge in [-0.15, -0.1) is 0 Å². The quantitative estimate of drug-likeness (QED) is 0.637. The van der Waals surface area contributed by atoms with E-state index >= 15 is 0 Å². The number of carbonyl (C=O) groups excluding carboxylic acids is 2. The predicted octanol–water partition coefficient (Wildman–Crippen LogP) is 4.13. The Kier molecular flexibility index (Phi) is 5.54. The molecule has 1 aromatic heterocycles. The molecule has 168 valence electrons. The van der Waals surface area contributed by atoms with Crippen LogP contribution in [0.3, 0.4) is 0 Å². The molecule has 0 bridgehead atoms. The highest BCUT2D eigenvalue weighted by atomic mass is 19.1. The lowest BCUT2D eigenvalue weighted by Crippen LogP contribution is -2.40. The Labute approximate surface area is 191 Å². The average Bonchev–Trinajstić information content (AvgIpc) is 3.28. The monoisotopic (exact) mass is 444 g/mol. The number of fused-ring (bicyclic) bond motifs is 2. The average molecular weight is 445 g/mol. The van der Waals surface area contributed by atoms with Crippen LogP contribution < -0.4 is 11.1 Å². The maximum atomic E-state index is 13.5. The second kappa shape index (κ2) is 8.65. The molecule has 5 rings (SSSR count). The third-order valence-electron chi connectivity index (χ3n) is 6.44. The summed E-state index contributed by atoms with van der Waals surface area (Å²) in [5.41, 5.74) is 10.5. The number of para-hydroxylation sites is 1. The molecule has 1 fully saturated rings. The second-order valence-electron chi connectivity index (χ2n) is 8.65. The SMILES string of the molecule is NC(=O)N1CCC(NC(=O)c2c3c(nc4ccccc24)/C(=C\c2ccc(F)cc2)CCC3)C1. The van der Waals surface area contributed by atoms with Crippen molar-refractivity contribution in [3.63, 3.8) is 0 Å². The minimum atomic E-state index is -0.464. The van der Waals surface area contributed by atoms with E-state index in [0.717, 1.165) is 52.6 Å². The fourth-order valence-electron chi connectivity index (χ4n) is 4.83. The first-order valence-electron chi connectivity index (χ1n) is 11.2. The summed E-state index contributed by atoms with van der Waals surface area (Å²) in [4.78, 5) is 31.5. The number of amides is 3. The highest BCUT2D eigenvalue weighted by Gasteiger charge is 2.29. The van der Waals surface area contributed by atoms with Crippen molar-refractivity contribution in [3.8, 4) is 0 Å². The van der Waals surface area contributed by atoms with Gasteiger partial charge in [-0.05, 0) is 66.7 Å². The van der Waals surface area contributed by atoms with Gasteiger partial charge in [0, 0.05) is 24.5 Å². The summed E-state index contributed by atoms with van der Waals surface area (Å²) in [6, 6.07) is 13.5. The van der Waals surface area contributed by atoms with Crippen molar-refractivity contribution in [1.82, 2.24) is 15.2 Å². The van der Waals surface area contributed by atoms with E-state index in [4.69, 9.17) is 10.7 Å². The molecule has 0 radical (unpaired) electrons. The number of pyridine rings is 1. The molecule has 1 unspecified atom stereocenters. The number of hydrogen-bond acceptors (Lipinski definition) is 3. The largest absolute Gasteiger partial charge is 0.351 e. The molecule has 33 heavy (non-hydrogen) atoms. The van der Waals surface area contributed by atoms with Gasteiger partial charge in [0.05, 0.1) is 16.8 Å². The standard InChI is InChI=1S/C26H25FN4O2/c27-18-10-8-16(9-11-18)14-17-4-3-6-21-23(20-5-1-2-7-22(20)30-24(17)21)25(32)29-19-12-13-31(15-19)26(28)33/h1-2,5,7-11,14,19H,3-4,6,12-13,15H2,(H2,28,33)(H,29,32)/b17-14-. The molecule has 2 aliphatic rings. The van der Waals surface area contributed by atoms with Gasteiger partial charge in [-0.2, -0.15) is 0 Å². The van der Waals surface area contributed by atoms with Gasteiger partial charge in [-0.3, -0.25) is 4.79 Å². The van der Waals surface area contributed by atoms with Crippen molar-refractivity contribution in [2.24, 2.45) is 5.73 Å². The number of nitrogens with zero attached hydrogens (tertiary/aromatic N) is 2. The number of urea groups is 1. The highest BCUT2D eigenvalue weighted by molar-refractivity contribution is 6.09. The lowest BCUT2D eigenvalue weighted by atomic mass is 9.85. The van der Waals surface area contributed by atoms with Gasteiger partial charge in [0.25, 0.3) is 5.91 Å². The van der Waals surface area contributed by atoms with Gasteiger partial charge >= 0.3 is 6.03 Å². The molecule has 1 aliphatic carbocycles. The lowest BCUT2D eigenvalue weighted by Gasteiger charge is -2.23. The number of allylic oxidation sites excluding steroid dienone is 1. The molecule has 3 amide bonds. The zero-order chi connectivity index (χ0) is 22.9. The second-order valence-corrected chi connectivity index (χ2v) is 8.65. The summed E-state index contributed by atoms with van der Waals surface area (Å²) >= 11 is 0. The summed E-state index contributed by atoms with van der Waals surface area (Å²) in [6.45, 7) is 0.960. The summed E-state index contributed by atoms with van der Waals surface area (Å²) in [5.74, 6) is -0.421. The number of primary amides is 1. The third-order valence-corrected chi connectivity index (χ3v) is 6.44. The van der Waals surface area contributed by atoms with E-state index in [2.05, 4.69) is 5.32 Å². The van der Waals surface area contributed by atoms with Crippen molar-refractivity contribution in [1.29, 1.82) is 0 Å². The Balaban J connectivity index is 1.56. The number of nitrogens with two attached hydrogens (primary N) is 1. The van der Waals surface area contributed by atoms with E-state index in [0.29, 0.717) is 25.1 Å². The van der Waals surface area contributed by atoms with Crippen LogP contribution in [0.25, 0.3) is 22.6 Å². The number of benzene rings is 2. The van der Waals surface area contributed by atoms with Crippen LogP contribution in [0.5, 0.6) is 0 Å². The zero-order valence-corrected chi connectivity index (χ0v) is 18.2. The number of halogens is 1. The van der Waals surface area contributed by atoms with Gasteiger partial charge in [0.2, 0.25) is 0 Å². The first kappa shape index (κ1) is 21.1. The number of aromatic nitrogens is 1. The van der Waals surface area contributed by atoms with E-state index < -0.39 is 6.03 Å². The molecule has 6 nitrogen and oxygen atoms in total. The van der Waals surface area contributed by atoms with Crippen LogP contribution in [-0.2, 0) is 6.42 Å². The summed E-state index contributed by atoms with van der Waals surface area (Å²) in [7, 11) is 0. The van der Waals surface area contributed by atoms with Crippen molar-refractivity contribution in [3.05, 3.63) is 76.7 Å². The topological polar surface area (TPSA) is 88.3 Å². The molecule has 0 spiro atoms. The van der Waals surface area contributed by atoms with Crippen LogP contribution >= 0.6 is 0 Å². The minimum absolute atomic E-state index is 0.134. The molecule has 1 atom stereocenters. The van der Waals surface area contributed by atoms with E-state index in [-0.39, 0.29) is 17.8 Å². The zero-order valence-electron chi connectivity index (χ0n) is 18.2. The Morgan fingerprint density at radius 2 is 1.91 bits per heavy atom. The fraction of sp³-hybridized carbons (Fsp3) is 0.269. The van der Waals surface area contributed by atoms with Gasteiger partial charge in [0.15, 0.2) is 0 Å². The van der Waals surface area contributed by atoms with Crippen LogP contribution in [0.2, 0.25) is 0 Å². The summed E-state index contributed by atoms with van der Waals surface area (Å²) in [5, 5.41) is 3.94. The number of likely N-dealkylation sites (tertiary alicyclic amines) is 1. The maximum Gasteiger partial charge on any atom is 0.314 e. The Bertz CT molecular complexity index is 1270. The fourth-order valence-corrected chi connectivity index (χ4v) is 4.83. The van der Waals surface area contributed by atoms with Crippen molar-refractivity contribution in [2.75, 3.05) is 13.1 Å². The Morgan fingerprint density at radius 1 is 1.12 bits per heavy atom. The van der Waals surface area contributed by atoms with Crippen molar-refractivity contribution >= 4 is 34.5 Å². The molecule has 0 saturated carbocycles. The van der Waals surface area contributed by atoms with E-state index in [9.17, 15) is 14.0 Å². The van der Waals surface area contributed by atoms with Gasteiger partial charge in [0.1, 0.15) is 5.82 Å². The molecule has 1 saturated heterocycles. The first-order valence-corrected chi connectivity index (χ1v) is 11.2. The highest BCUT2D eigenvalue weighted by Crippen LogP contribution is 2.36. The van der Waals surface area contributed by atoms with Crippen LogP contribution in [0.1, 0.15) is 46.4 Å². The third kappa shape index (κ3) is 4.18. The van der Waals surface area contributed by atoms with E-state index in [1.807, 2.05) is 30.3 Å². The molecule has 2 aromatic carbocycles. The Morgan fingerprint density at radius 3 is 2.67 bits per heavy atom. The van der Waals surface area contributed by atoms with E-state index in [1.54, 1.807) is 17.0 Å². The minimum Gasteiger partial charge on any atom is -0.351 e. The normalized spacial score (nSPS) is 19.0. The molecule has 1 aliphatic heterocycles. The molecule has 3 N–H and O–H groups in total. The molecular weight excluding hydrogens is 419 g/mol. The molecule has 3 aromatic rings. The van der Waals surface area contributed by atoms with Gasteiger partial charge in [-0.25, -0.2) is 14.2 Å².